The first-order chi connectivity index (χ1) is 17.3. The van der Waals surface area contributed by atoms with E-state index in [1.807, 2.05) is 91.1 Å². The van der Waals surface area contributed by atoms with Crippen LogP contribution in [0.25, 0.3) is 66.9 Å². The van der Waals surface area contributed by atoms with E-state index in [4.69, 9.17) is 19.4 Å². The summed E-state index contributed by atoms with van der Waals surface area (Å²) in [5, 5.41) is 4.14. The van der Waals surface area contributed by atoms with Crippen LogP contribution in [0.3, 0.4) is 0 Å². The van der Waals surface area contributed by atoms with Gasteiger partial charge in [0.15, 0.2) is 17.5 Å². The summed E-state index contributed by atoms with van der Waals surface area (Å²) in [5.74, 6) is 1.88. The van der Waals surface area contributed by atoms with Crippen LogP contribution in [0.5, 0.6) is 0 Å². The van der Waals surface area contributed by atoms with Crippen molar-refractivity contribution in [2.45, 2.75) is 0 Å². The molecule has 0 aliphatic rings. The van der Waals surface area contributed by atoms with E-state index in [0.717, 1.165) is 49.4 Å². The highest BCUT2D eigenvalue weighted by atomic mass is 16.3. The molecule has 7 aromatic rings. The van der Waals surface area contributed by atoms with E-state index in [-0.39, 0.29) is 0 Å². The topological polar surface area (TPSA) is 64.7 Å². The molecule has 3 heterocycles. The van der Waals surface area contributed by atoms with E-state index in [2.05, 4.69) is 17.1 Å². The summed E-state index contributed by atoms with van der Waals surface area (Å²) in [4.78, 5) is 19.0. The maximum absolute atomic E-state index is 6.26. The number of fused-ring (bicyclic) bond motifs is 4. The maximum Gasteiger partial charge on any atom is 0.164 e. The molecule has 0 aliphatic heterocycles. The molecule has 0 fully saturated rings. The van der Waals surface area contributed by atoms with Crippen molar-refractivity contribution >= 4 is 32.7 Å². The first-order valence-electron chi connectivity index (χ1n) is 11.4. The van der Waals surface area contributed by atoms with Gasteiger partial charge in [-0.1, -0.05) is 72.8 Å². The number of aromatic nitrogens is 4. The average molecular weight is 451 g/mol. The number of nitrogens with zero attached hydrogens (tertiary/aromatic N) is 4. The van der Waals surface area contributed by atoms with E-state index >= 15 is 0 Å². The molecule has 3 aromatic heterocycles. The summed E-state index contributed by atoms with van der Waals surface area (Å²) in [6, 6.07) is 32.2. The summed E-state index contributed by atoms with van der Waals surface area (Å²) in [7, 11) is 0. The van der Waals surface area contributed by atoms with Gasteiger partial charge in [-0.05, 0) is 29.7 Å². The zero-order valence-corrected chi connectivity index (χ0v) is 18.6. The van der Waals surface area contributed by atoms with E-state index in [1.54, 1.807) is 6.20 Å². The Labute approximate surface area is 200 Å². The zero-order valence-electron chi connectivity index (χ0n) is 18.6. The van der Waals surface area contributed by atoms with Gasteiger partial charge in [0.05, 0.1) is 0 Å². The fourth-order valence-corrected chi connectivity index (χ4v) is 4.52. The predicted octanol–water partition coefficient (Wildman–Crippen LogP) is 7.32. The summed E-state index contributed by atoms with van der Waals surface area (Å²) in [6.45, 7) is 0. The van der Waals surface area contributed by atoms with Crippen molar-refractivity contribution in [2.24, 2.45) is 0 Å². The molecule has 0 N–H and O–H groups in total. The molecule has 0 aliphatic carbocycles. The normalized spacial score (nSPS) is 11.4. The molecular weight excluding hydrogens is 432 g/mol. The third kappa shape index (κ3) is 3.33. The maximum atomic E-state index is 6.26. The third-order valence-corrected chi connectivity index (χ3v) is 6.19. The molecule has 5 nitrogen and oxygen atoms in total. The Morgan fingerprint density at radius 3 is 1.94 bits per heavy atom. The molecule has 7 rings (SSSR count). The van der Waals surface area contributed by atoms with E-state index < -0.39 is 0 Å². The van der Waals surface area contributed by atoms with Crippen LogP contribution < -0.4 is 0 Å². The Kier molecular flexibility index (Phi) is 4.39. The van der Waals surface area contributed by atoms with Gasteiger partial charge in [0.2, 0.25) is 0 Å². The molecule has 164 valence electrons. The monoisotopic (exact) mass is 450 g/mol. The predicted molar refractivity (Wildman–Crippen MR) is 139 cm³/mol. The van der Waals surface area contributed by atoms with Crippen LogP contribution in [0.2, 0.25) is 0 Å². The largest absolute Gasteiger partial charge is 0.456 e. The molecule has 0 saturated heterocycles. The van der Waals surface area contributed by atoms with Crippen LogP contribution in [0.15, 0.2) is 114 Å². The van der Waals surface area contributed by atoms with Gasteiger partial charge in [0, 0.05) is 45.2 Å². The molecular formula is C30H18N4O. The minimum absolute atomic E-state index is 0.609. The first-order valence-corrected chi connectivity index (χ1v) is 11.4. The minimum Gasteiger partial charge on any atom is -0.456 e. The standard InChI is InChI=1S/C30H18N4O/c1-3-8-19(9-4-1)28-32-29(20-10-5-2-6-11-20)34-30(33-28)23-12-7-13-25-27(23)24-16-22-18-31-15-14-21(22)17-26(24)35-25/h1-18H. The molecule has 0 bridgehead atoms. The van der Waals surface area contributed by atoms with Gasteiger partial charge in [0.25, 0.3) is 0 Å². The van der Waals surface area contributed by atoms with Crippen LogP contribution in [0.1, 0.15) is 0 Å². The number of benzene rings is 4. The van der Waals surface area contributed by atoms with Gasteiger partial charge in [-0.25, -0.2) is 15.0 Å². The molecule has 0 amide bonds. The molecule has 35 heavy (non-hydrogen) atoms. The highest BCUT2D eigenvalue weighted by molar-refractivity contribution is 6.15. The minimum atomic E-state index is 0.609. The molecule has 0 unspecified atom stereocenters. The Morgan fingerprint density at radius 1 is 0.543 bits per heavy atom. The van der Waals surface area contributed by atoms with Crippen molar-refractivity contribution in [3.05, 3.63) is 109 Å². The fraction of sp³-hybridized carbons (Fsp3) is 0. The van der Waals surface area contributed by atoms with Crippen LogP contribution >= 0.6 is 0 Å². The van der Waals surface area contributed by atoms with Gasteiger partial charge >= 0.3 is 0 Å². The van der Waals surface area contributed by atoms with Crippen molar-refractivity contribution in [3.8, 4) is 34.2 Å². The van der Waals surface area contributed by atoms with Gasteiger partial charge in [0.1, 0.15) is 11.2 Å². The van der Waals surface area contributed by atoms with Gasteiger partial charge < -0.3 is 4.42 Å². The van der Waals surface area contributed by atoms with Crippen LogP contribution in [0.4, 0.5) is 0 Å². The highest BCUT2D eigenvalue weighted by Crippen LogP contribution is 2.38. The summed E-state index contributed by atoms with van der Waals surface area (Å²) >= 11 is 0. The number of rotatable bonds is 3. The van der Waals surface area contributed by atoms with Crippen LogP contribution in [0, 0.1) is 0 Å². The van der Waals surface area contributed by atoms with Gasteiger partial charge in [-0.2, -0.15) is 0 Å². The quantitative estimate of drug-likeness (QED) is 0.282. The third-order valence-electron chi connectivity index (χ3n) is 6.19. The summed E-state index contributed by atoms with van der Waals surface area (Å²) in [5.41, 5.74) is 4.40. The van der Waals surface area contributed by atoms with E-state index in [1.165, 1.54) is 0 Å². The number of furan rings is 1. The Hall–Kier alpha value is -4.90. The number of hydrogen-bond acceptors (Lipinski definition) is 5. The van der Waals surface area contributed by atoms with Crippen molar-refractivity contribution in [2.75, 3.05) is 0 Å². The van der Waals surface area contributed by atoms with Crippen molar-refractivity contribution in [1.29, 1.82) is 0 Å². The Morgan fingerprint density at radius 2 is 1.23 bits per heavy atom. The zero-order chi connectivity index (χ0) is 23.2. The second kappa shape index (κ2) is 7.85. The molecule has 0 saturated carbocycles. The molecule has 0 radical (unpaired) electrons. The lowest BCUT2D eigenvalue weighted by molar-refractivity contribution is 0.669. The first kappa shape index (κ1) is 19.6. The second-order valence-corrected chi connectivity index (χ2v) is 8.39. The highest BCUT2D eigenvalue weighted by Gasteiger charge is 2.18. The lowest BCUT2D eigenvalue weighted by Crippen LogP contribution is -2.00. The average Bonchev–Trinajstić information content (AvgIpc) is 3.30. The van der Waals surface area contributed by atoms with Crippen LogP contribution in [-0.2, 0) is 0 Å². The van der Waals surface area contributed by atoms with E-state index in [0.29, 0.717) is 17.5 Å². The summed E-state index contributed by atoms with van der Waals surface area (Å²) < 4.78 is 6.26. The number of pyridine rings is 1. The van der Waals surface area contributed by atoms with Crippen LogP contribution in [-0.4, -0.2) is 19.9 Å². The van der Waals surface area contributed by atoms with Crippen molar-refractivity contribution < 1.29 is 4.42 Å². The molecule has 0 spiro atoms. The fourth-order valence-electron chi connectivity index (χ4n) is 4.52. The lowest BCUT2D eigenvalue weighted by atomic mass is 10.0. The van der Waals surface area contributed by atoms with Crippen molar-refractivity contribution in [3.63, 3.8) is 0 Å². The SMILES string of the molecule is c1ccc(-c2nc(-c3ccccc3)nc(-c3cccc4oc5cc6ccncc6cc5c34)n2)cc1. The molecule has 5 heteroatoms. The Bertz CT molecular complexity index is 1790. The lowest BCUT2D eigenvalue weighted by Gasteiger charge is -2.09. The molecule has 0 atom stereocenters. The summed E-state index contributed by atoms with van der Waals surface area (Å²) in [6.07, 6.45) is 3.67. The Balaban J connectivity index is 1.53. The second-order valence-electron chi connectivity index (χ2n) is 8.39. The van der Waals surface area contributed by atoms with Gasteiger partial charge in [-0.15, -0.1) is 0 Å². The van der Waals surface area contributed by atoms with E-state index in [9.17, 15) is 0 Å². The van der Waals surface area contributed by atoms with Crippen molar-refractivity contribution in [1.82, 2.24) is 19.9 Å². The smallest absolute Gasteiger partial charge is 0.164 e. The van der Waals surface area contributed by atoms with Gasteiger partial charge in [-0.3, -0.25) is 4.98 Å². The molecule has 4 aromatic carbocycles. The number of hydrogen-bond donors (Lipinski definition) is 0.